The van der Waals surface area contributed by atoms with Crippen molar-refractivity contribution in [2.45, 2.75) is 12.5 Å². The van der Waals surface area contributed by atoms with Crippen molar-refractivity contribution in [1.82, 2.24) is 5.32 Å². The summed E-state index contributed by atoms with van der Waals surface area (Å²) in [4.78, 5) is 11.7. The van der Waals surface area contributed by atoms with Crippen molar-refractivity contribution in [3.05, 3.63) is 29.6 Å². The first-order chi connectivity index (χ1) is 9.04. The van der Waals surface area contributed by atoms with Crippen LogP contribution in [0.2, 0.25) is 0 Å². The van der Waals surface area contributed by atoms with E-state index in [-0.39, 0.29) is 23.5 Å². The molecule has 1 heterocycles. The molecule has 19 heavy (non-hydrogen) atoms. The molecule has 0 bridgehead atoms. The largest absolute Gasteiger partial charge is 0.363 e. The highest BCUT2D eigenvalue weighted by Gasteiger charge is 2.33. The highest BCUT2D eigenvalue weighted by Crippen LogP contribution is 2.18. The lowest BCUT2D eigenvalue weighted by molar-refractivity contribution is -0.130. The lowest BCUT2D eigenvalue weighted by Gasteiger charge is -2.38. The lowest BCUT2D eigenvalue weighted by Crippen LogP contribution is -2.59. The van der Waals surface area contributed by atoms with Gasteiger partial charge in [0.25, 0.3) is 0 Å². The van der Waals surface area contributed by atoms with Crippen molar-refractivity contribution in [3.63, 3.8) is 0 Å². The molecule has 6 heteroatoms. The third-order valence-corrected chi connectivity index (χ3v) is 2.95. The maximum Gasteiger partial charge on any atom is 0.250 e. The zero-order valence-corrected chi connectivity index (χ0v) is 10.5. The van der Waals surface area contributed by atoms with Crippen LogP contribution in [0.3, 0.4) is 0 Å². The van der Waals surface area contributed by atoms with Gasteiger partial charge in [-0.15, -0.1) is 0 Å². The molecule has 1 fully saturated rings. The molecule has 0 aromatic heterocycles. The molecule has 1 amide bonds. The van der Waals surface area contributed by atoms with Crippen LogP contribution < -0.4 is 10.6 Å². The number of hydrogen-bond acceptors (Lipinski definition) is 4. The quantitative estimate of drug-likeness (QED) is 0.850. The van der Waals surface area contributed by atoms with Gasteiger partial charge < -0.3 is 15.4 Å². The van der Waals surface area contributed by atoms with Crippen molar-refractivity contribution in [2.24, 2.45) is 0 Å². The highest BCUT2D eigenvalue weighted by atomic mass is 19.1. The molecule has 1 saturated heterocycles. The van der Waals surface area contributed by atoms with E-state index in [9.17, 15) is 9.18 Å². The van der Waals surface area contributed by atoms with Gasteiger partial charge in [-0.1, -0.05) is 6.07 Å². The summed E-state index contributed by atoms with van der Waals surface area (Å²) in [5.74, 6) is -1.06. The Bertz CT molecular complexity index is 535. The van der Waals surface area contributed by atoms with Gasteiger partial charge in [0.05, 0.1) is 11.3 Å². The molecule has 0 spiro atoms. The standard InChI is InChI=1S/C13H14FN3O2/c1-13(7-16-8-13)19-6-12(18)17-11-4-2-3-10(14)9(11)5-15/h2-4,16H,6-8H2,1H3,(H,17,18). The zero-order valence-electron chi connectivity index (χ0n) is 10.5. The fourth-order valence-electron chi connectivity index (χ4n) is 1.75. The third kappa shape index (κ3) is 3.08. The predicted octanol–water partition coefficient (Wildman–Crippen LogP) is 1.01. The first-order valence-corrected chi connectivity index (χ1v) is 5.87. The maximum absolute atomic E-state index is 13.3. The zero-order chi connectivity index (χ0) is 13.9. The van der Waals surface area contributed by atoms with E-state index >= 15 is 0 Å². The number of hydrogen-bond donors (Lipinski definition) is 2. The fourth-order valence-corrected chi connectivity index (χ4v) is 1.75. The van der Waals surface area contributed by atoms with Crippen LogP contribution in [0.15, 0.2) is 18.2 Å². The summed E-state index contributed by atoms with van der Waals surface area (Å²) in [6.45, 7) is 3.17. The average molecular weight is 263 g/mol. The van der Waals surface area contributed by atoms with Crippen LogP contribution in [-0.4, -0.2) is 31.2 Å². The van der Waals surface area contributed by atoms with Crippen LogP contribution in [0.25, 0.3) is 0 Å². The number of ether oxygens (including phenoxy) is 1. The Hall–Kier alpha value is -1.97. The average Bonchev–Trinajstić information content (AvgIpc) is 2.34. The molecule has 2 rings (SSSR count). The topological polar surface area (TPSA) is 74.1 Å². The molecule has 0 saturated carbocycles. The summed E-state index contributed by atoms with van der Waals surface area (Å²) >= 11 is 0. The van der Waals surface area contributed by atoms with E-state index in [1.54, 1.807) is 6.07 Å². The summed E-state index contributed by atoms with van der Waals surface area (Å²) in [5, 5.41) is 14.4. The second-order valence-corrected chi connectivity index (χ2v) is 4.66. The number of halogens is 1. The first kappa shape index (κ1) is 13.5. The summed E-state index contributed by atoms with van der Waals surface area (Å²) in [5.41, 5.74) is -0.336. The van der Waals surface area contributed by atoms with E-state index in [2.05, 4.69) is 10.6 Å². The van der Waals surface area contributed by atoms with Crippen LogP contribution >= 0.6 is 0 Å². The normalized spacial score (nSPS) is 16.3. The number of benzene rings is 1. The molecule has 1 aromatic carbocycles. The second kappa shape index (κ2) is 5.34. The van der Waals surface area contributed by atoms with E-state index in [1.807, 2.05) is 6.92 Å². The molecule has 1 aliphatic rings. The molecule has 1 aliphatic heterocycles. The van der Waals surface area contributed by atoms with Gasteiger partial charge in [0.1, 0.15) is 24.1 Å². The fraction of sp³-hybridized carbons (Fsp3) is 0.385. The van der Waals surface area contributed by atoms with Gasteiger partial charge in [0, 0.05) is 13.1 Å². The van der Waals surface area contributed by atoms with E-state index in [4.69, 9.17) is 10.00 Å². The number of carbonyl (C=O) groups is 1. The van der Waals surface area contributed by atoms with Gasteiger partial charge in [-0.3, -0.25) is 4.79 Å². The molecule has 0 aliphatic carbocycles. The minimum absolute atomic E-state index is 0.125. The lowest BCUT2D eigenvalue weighted by atomic mass is 10.0. The molecular weight excluding hydrogens is 249 g/mol. The number of nitriles is 1. The predicted molar refractivity (Wildman–Crippen MR) is 67.0 cm³/mol. The van der Waals surface area contributed by atoms with Crippen molar-refractivity contribution >= 4 is 11.6 Å². The number of amides is 1. The molecule has 0 atom stereocenters. The number of carbonyl (C=O) groups excluding carboxylic acids is 1. The Morgan fingerprint density at radius 2 is 2.37 bits per heavy atom. The van der Waals surface area contributed by atoms with Gasteiger partial charge in [-0.2, -0.15) is 5.26 Å². The summed E-state index contributed by atoms with van der Waals surface area (Å²) in [6.07, 6.45) is 0. The summed E-state index contributed by atoms with van der Waals surface area (Å²) < 4.78 is 18.8. The van der Waals surface area contributed by atoms with Crippen molar-refractivity contribution < 1.29 is 13.9 Å². The van der Waals surface area contributed by atoms with Crippen LogP contribution in [0.1, 0.15) is 12.5 Å². The van der Waals surface area contributed by atoms with Gasteiger partial charge in [0.15, 0.2) is 0 Å². The van der Waals surface area contributed by atoms with Crippen LogP contribution in [0.5, 0.6) is 0 Å². The van der Waals surface area contributed by atoms with Crippen molar-refractivity contribution in [3.8, 4) is 6.07 Å². The van der Waals surface area contributed by atoms with Gasteiger partial charge >= 0.3 is 0 Å². The Morgan fingerprint density at radius 3 is 2.95 bits per heavy atom. The Labute approximate surface area is 110 Å². The van der Waals surface area contributed by atoms with Crippen molar-refractivity contribution in [1.29, 1.82) is 5.26 Å². The summed E-state index contributed by atoms with van der Waals surface area (Å²) in [7, 11) is 0. The minimum atomic E-state index is -0.656. The first-order valence-electron chi connectivity index (χ1n) is 5.87. The monoisotopic (exact) mass is 263 g/mol. The van der Waals surface area contributed by atoms with Crippen LogP contribution in [0.4, 0.5) is 10.1 Å². The molecule has 1 aromatic rings. The molecule has 2 N–H and O–H groups in total. The molecular formula is C13H14FN3O2. The molecule has 100 valence electrons. The van der Waals surface area contributed by atoms with Gasteiger partial charge in [-0.25, -0.2) is 4.39 Å². The maximum atomic E-state index is 13.3. The van der Waals surface area contributed by atoms with Gasteiger partial charge in [0.2, 0.25) is 5.91 Å². The number of nitrogens with zero attached hydrogens (tertiary/aromatic N) is 1. The third-order valence-electron chi connectivity index (χ3n) is 2.95. The number of anilines is 1. The number of rotatable bonds is 4. The van der Waals surface area contributed by atoms with E-state index in [0.717, 1.165) is 0 Å². The van der Waals surface area contributed by atoms with Crippen LogP contribution in [-0.2, 0) is 9.53 Å². The van der Waals surface area contributed by atoms with E-state index in [1.165, 1.54) is 18.2 Å². The number of nitrogens with one attached hydrogen (secondary N) is 2. The Kier molecular flexibility index (Phi) is 3.79. The van der Waals surface area contributed by atoms with Crippen LogP contribution in [0, 0.1) is 17.1 Å². The second-order valence-electron chi connectivity index (χ2n) is 4.66. The Balaban J connectivity index is 1.96. The van der Waals surface area contributed by atoms with Gasteiger partial charge in [-0.05, 0) is 19.1 Å². The smallest absolute Gasteiger partial charge is 0.250 e. The molecule has 0 radical (unpaired) electrons. The molecule has 0 unspecified atom stereocenters. The van der Waals surface area contributed by atoms with E-state index < -0.39 is 11.7 Å². The summed E-state index contributed by atoms with van der Waals surface area (Å²) in [6, 6.07) is 5.81. The van der Waals surface area contributed by atoms with Crippen molar-refractivity contribution in [2.75, 3.05) is 25.0 Å². The Morgan fingerprint density at radius 1 is 1.63 bits per heavy atom. The highest BCUT2D eigenvalue weighted by molar-refractivity contribution is 5.93. The molecule has 5 nitrogen and oxygen atoms in total. The minimum Gasteiger partial charge on any atom is -0.363 e. The van der Waals surface area contributed by atoms with E-state index in [0.29, 0.717) is 13.1 Å². The SMILES string of the molecule is CC1(OCC(=O)Nc2cccc(F)c2C#N)CNC1.